The highest BCUT2D eigenvalue weighted by Gasteiger charge is 2.25. The van der Waals surface area contributed by atoms with Gasteiger partial charge in [0.25, 0.3) is 5.91 Å². The fourth-order valence-electron chi connectivity index (χ4n) is 2.97. The summed E-state index contributed by atoms with van der Waals surface area (Å²) in [7, 11) is 0. The molecule has 2 aromatic rings. The molecule has 1 aromatic heterocycles. The van der Waals surface area contributed by atoms with Gasteiger partial charge in [0.1, 0.15) is 0 Å². The lowest BCUT2D eigenvalue weighted by Crippen LogP contribution is -2.46. The average molecular weight is 437 g/mol. The fourth-order valence-corrected chi connectivity index (χ4v) is 4.27. The van der Waals surface area contributed by atoms with Crippen molar-refractivity contribution < 1.29 is 14.0 Å². The quantitative estimate of drug-likeness (QED) is 0.722. The Balaban J connectivity index is 1.42. The van der Waals surface area contributed by atoms with Crippen molar-refractivity contribution in [2.45, 2.75) is 30.7 Å². The number of halogens is 1. The van der Waals surface area contributed by atoms with Gasteiger partial charge in [0.15, 0.2) is 5.76 Å². The summed E-state index contributed by atoms with van der Waals surface area (Å²) in [6, 6.07) is 9.57. The van der Waals surface area contributed by atoms with Crippen molar-refractivity contribution in [2.75, 3.05) is 18.8 Å². The number of likely N-dealkylation sites (tertiary alicyclic amines) is 1. The molecule has 1 aliphatic heterocycles. The molecule has 26 heavy (non-hydrogen) atoms. The van der Waals surface area contributed by atoms with Crippen LogP contribution in [0.4, 0.5) is 0 Å². The molecule has 0 radical (unpaired) electrons. The van der Waals surface area contributed by atoms with Gasteiger partial charge in [0, 0.05) is 28.5 Å². The summed E-state index contributed by atoms with van der Waals surface area (Å²) in [6.45, 7) is 3.30. The molecule has 2 amide bonds. The van der Waals surface area contributed by atoms with Crippen LogP contribution >= 0.6 is 27.7 Å². The molecule has 1 aliphatic rings. The van der Waals surface area contributed by atoms with Crippen molar-refractivity contribution in [1.82, 2.24) is 10.2 Å². The molecule has 5 nitrogen and oxygen atoms in total. The van der Waals surface area contributed by atoms with Crippen LogP contribution in [0.15, 0.2) is 50.4 Å². The number of aryl methyl sites for hydroxylation is 1. The van der Waals surface area contributed by atoms with Gasteiger partial charge in [-0.15, -0.1) is 11.8 Å². The summed E-state index contributed by atoms with van der Waals surface area (Å²) in [5.41, 5.74) is 1.15. The molecule has 0 bridgehead atoms. The van der Waals surface area contributed by atoms with Gasteiger partial charge in [-0.25, -0.2) is 0 Å². The number of carbonyl (C=O) groups is 2. The van der Waals surface area contributed by atoms with Crippen LogP contribution in [-0.4, -0.2) is 41.6 Å². The summed E-state index contributed by atoms with van der Waals surface area (Å²) in [6.07, 6.45) is 3.03. The average Bonchev–Trinajstić information content (AvgIpc) is 3.16. The molecular formula is C19H21BrN2O3S. The van der Waals surface area contributed by atoms with E-state index < -0.39 is 0 Å². The lowest BCUT2D eigenvalue weighted by molar-refractivity contribution is -0.119. The van der Waals surface area contributed by atoms with Crippen LogP contribution in [-0.2, 0) is 4.79 Å². The number of nitrogens with one attached hydrogen (secondary N) is 1. The highest BCUT2D eigenvalue weighted by atomic mass is 79.9. The van der Waals surface area contributed by atoms with E-state index in [9.17, 15) is 9.59 Å². The molecule has 0 atom stereocenters. The lowest BCUT2D eigenvalue weighted by atomic mass is 10.0. The lowest BCUT2D eigenvalue weighted by Gasteiger charge is -2.31. The van der Waals surface area contributed by atoms with Crippen LogP contribution in [0.2, 0.25) is 0 Å². The van der Waals surface area contributed by atoms with Crippen molar-refractivity contribution in [3.8, 4) is 0 Å². The number of thioether (sulfide) groups is 1. The molecule has 138 valence electrons. The van der Waals surface area contributed by atoms with E-state index in [0.29, 0.717) is 24.6 Å². The van der Waals surface area contributed by atoms with Crippen molar-refractivity contribution in [3.05, 3.63) is 52.4 Å². The Morgan fingerprint density at radius 1 is 1.31 bits per heavy atom. The predicted molar refractivity (Wildman–Crippen MR) is 105 cm³/mol. The molecule has 1 saturated heterocycles. The van der Waals surface area contributed by atoms with Gasteiger partial charge < -0.3 is 14.6 Å². The minimum absolute atomic E-state index is 0.0353. The van der Waals surface area contributed by atoms with E-state index in [4.69, 9.17) is 4.42 Å². The Bertz CT molecular complexity index is 771. The molecular weight excluding hydrogens is 416 g/mol. The maximum atomic E-state index is 12.2. The molecule has 0 aliphatic carbocycles. The van der Waals surface area contributed by atoms with Gasteiger partial charge in [-0.1, -0.05) is 15.9 Å². The van der Waals surface area contributed by atoms with Gasteiger partial charge in [-0.2, -0.15) is 0 Å². The van der Waals surface area contributed by atoms with Crippen LogP contribution in [0.5, 0.6) is 0 Å². The molecule has 1 N–H and O–H groups in total. The number of furan rings is 1. The van der Waals surface area contributed by atoms with E-state index >= 15 is 0 Å². The zero-order valence-corrected chi connectivity index (χ0v) is 16.9. The molecule has 1 fully saturated rings. The number of carbonyl (C=O) groups excluding carboxylic acids is 2. The van der Waals surface area contributed by atoms with Crippen LogP contribution in [0.25, 0.3) is 0 Å². The Morgan fingerprint density at radius 2 is 2.08 bits per heavy atom. The summed E-state index contributed by atoms with van der Waals surface area (Å²) >= 11 is 4.99. The third-order valence-corrected chi connectivity index (χ3v) is 6.04. The van der Waals surface area contributed by atoms with Gasteiger partial charge in [-0.3, -0.25) is 9.59 Å². The fraction of sp³-hybridized carbons (Fsp3) is 0.368. The topological polar surface area (TPSA) is 62.6 Å². The highest BCUT2D eigenvalue weighted by molar-refractivity contribution is 9.10. The van der Waals surface area contributed by atoms with Gasteiger partial charge in [0.2, 0.25) is 5.91 Å². The van der Waals surface area contributed by atoms with Crippen LogP contribution in [0.3, 0.4) is 0 Å². The Morgan fingerprint density at radius 3 is 2.73 bits per heavy atom. The van der Waals surface area contributed by atoms with Gasteiger partial charge in [0.05, 0.1) is 12.0 Å². The Hall–Kier alpha value is -1.73. The third-order valence-electron chi connectivity index (χ3n) is 4.37. The van der Waals surface area contributed by atoms with Crippen molar-refractivity contribution >= 4 is 39.5 Å². The van der Waals surface area contributed by atoms with E-state index in [1.165, 1.54) is 6.26 Å². The number of piperidine rings is 1. The van der Waals surface area contributed by atoms with Gasteiger partial charge >= 0.3 is 0 Å². The van der Waals surface area contributed by atoms with Crippen LogP contribution < -0.4 is 5.32 Å². The second-order valence-corrected chi connectivity index (χ2v) is 8.24. The third kappa shape index (κ3) is 4.92. The SMILES string of the molecule is Cc1cc(Br)ccc1SCC(=O)NC1CCN(C(=O)c2ccco2)CC1. The Kier molecular flexibility index (Phi) is 6.43. The summed E-state index contributed by atoms with van der Waals surface area (Å²) < 4.78 is 6.21. The van der Waals surface area contributed by atoms with E-state index in [1.807, 2.05) is 25.1 Å². The second kappa shape index (κ2) is 8.77. The molecule has 1 aromatic carbocycles. The molecule has 7 heteroatoms. The van der Waals surface area contributed by atoms with E-state index in [0.717, 1.165) is 27.8 Å². The summed E-state index contributed by atoms with van der Waals surface area (Å²) in [5.74, 6) is 0.719. The smallest absolute Gasteiger partial charge is 0.289 e. The monoisotopic (exact) mass is 436 g/mol. The maximum Gasteiger partial charge on any atom is 0.289 e. The molecule has 3 rings (SSSR count). The first-order valence-electron chi connectivity index (χ1n) is 8.54. The number of hydrogen-bond acceptors (Lipinski definition) is 4. The standard InChI is InChI=1S/C19H21BrN2O3S/c1-13-11-14(20)4-5-17(13)26-12-18(23)21-15-6-8-22(9-7-15)19(24)16-3-2-10-25-16/h2-5,10-11,15H,6-9,12H2,1H3,(H,21,23). The van der Waals surface area contributed by atoms with E-state index in [-0.39, 0.29) is 17.9 Å². The zero-order chi connectivity index (χ0) is 18.5. The predicted octanol–water partition coefficient (Wildman–Crippen LogP) is 3.86. The molecule has 0 spiro atoms. The number of rotatable bonds is 5. The Labute approximate surface area is 165 Å². The molecule has 0 saturated carbocycles. The number of nitrogens with zero attached hydrogens (tertiary/aromatic N) is 1. The molecule has 2 heterocycles. The van der Waals surface area contributed by atoms with Gasteiger partial charge in [-0.05, 0) is 55.7 Å². The normalized spacial score (nSPS) is 15.1. The van der Waals surface area contributed by atoms with E-state index in [1.54, 1.807) is 28.8 Å². The second-order valence-electron chi connectivity index (χ2n) is 6.31. The molecule has 0 unspecified atom stereocenters. The first-order valence-corrected chi connectivity index (χ1v) is 10.3. The largest absolute Gasteiger partial charge is 0.459 e. The summed E-state index contributed by atoms with van der Waals surface area (Å²) in [5, 5.41) is 3.08. The van der Waals surface area contributed by atoms with Crippen LogP contribution in [0.1, 0.15) is 29.0 Å². The minimum atomic E-state index is -0.0824. The van der Waals surface area contributed by atoms with E-state index in [2.05, 4.69) is 21.2 Å². The summed E-state index contributed by atoms with van der Waals surface area (Å²) in [4.78, 5) is 27.4. The maximum absolute atomic E-state index is 12.2. The van der Waals surface area contributed by atoms with Crippen molar-refractivity contribution in [2.24, 2.45) is 0 Å². The number of amides is 2. The highest BCUT2D eigenvalue weighted by Crippen LogP contribution is 2.25. The number of hydrogen-bond donors (Lipinski definition) is 1. The first kappa shape index (κ1) is 19.0. The van der Waals surface area contributed by atoms with Crippen molar-refractivity contribution in [1.29, 1.82) is 0 Å². The zero-order valence-electron chi connectivity index (χ0n) is 14.5. The minimum Gasteiger partial charge on any atom is -0.459 e. The van der Waals surface area contributed by atoms with Crippen molar-refractivity contribution in [3.63, 3.8) is 0 Å². The first-order chi connectivity index (χ1) is 12.5. The number of benzene rings is 1. The van der Waals surface area contributed by atoms with Crippen LogP contribution in [0, 0.1) is 6.92 Å².